The van der Waals surface area contributed by atoms with Crippen molar-refractivity contribution in [1.29, 1.82) is 0 Å². The number of hydrogen-bond donors (Lipinski definition) is 4. The summed E-state index contributed by atoms with van der Waals surface area (Å²) in [5.74, 6) is 0. The Bertz CT molecular complexity index is 550. The monoisotopic (exact) mass is 258 g/mol. The molecule has 18 heavy (non-hydrogen) atoms. The van der Waals surface area contributed by atoms with Crippen LogP contribution in [-0.2, 0) is 4.74 Å². The Morgan fingerprint density at radius 1 is 1.39 bits per heavy atom. The quantitative estimate of drug-likeness (QED) is 0.463. The molecule has 0 aromatic carbocycles. The lowest BCUT2D eigenvalue weighted by Crippen LogP contribution is -2.38. The van der Waals surface area contributed by atoms with Crippen molar-refractivity contribution in [2.75, 3.05) is 6.61 Å². The Labute approximate surface area is 101 Å². The van der Waals surface area contributed by atoms with Gasteiger partial charge in [0.25, 0.3) is 5.56 Å². The predicted octanol–water partition coefficient (Wildman–Crippen LogP) is -2.54. The molecule has 2 rings (SSSR count). The van der Waals surface area contributed by atoms with Crippen LogP contribution in [0.1, 0.15) is 11.8 Å². The van der Waals surface area contributed by atoms with Crippen molar-refractivity contribution in [3.63, 3.8) is 0 Å². The minimum Gasteiger partial charge on any atom is -0.394 e. The Kier molecular flexibility index (Phi) is 3.35. The van der Waals surface area contributed by atoms with Crippen molar-refractivity contribution >= 4 is 0 Å². The fourth-order valence-electron chi connectivity index (χ4n) is 1.88. The van der Waals surface area contributed by atoms with Gasteiger partial charge in [0.1, 0.15) is 18.3 Å². The van der Waals surface area contributed by atoms with Gasteiger partial charge >= 0.3 is 5.69 Å². The average Bonchev–Trinajstić information content (AvgIpc) is 2.61. The topological polar surface area (TPSA) is 125 Å². The summed E-state index contributed by atoms with van der Waals surface area (Å²) in [5, 5.41) is 28.3. The molecular formula is C10H14N2O6. The number of H-pyrrole nitrogens is 1. The summed E-state index contributed by atoms with van der Waals surface area (Å²) in [6.45, 7) is 1.02. The van der Waals surface area contributed by atoms with Crippen LogP contribution in [0.25, 0.3) is 0 Å². The highest BCUT2D eigenvalue weighted by atomic mass is 16.6. The number of nitrogens with one attached hydrogen (secondary N) is 1. The van der Waals surface area contributed by atoms with Crippen molar-refractivity contribution in [2.24, 2.45) is 0 Å². The van der Waals surface area contributed by atoms with Crippen molar-refractivity contribution in [3.05, 3.63) is 32.6 Å². The van der Waals surface area contributed by atoms with E-state index in [0.29, 0.717) is 0 Å². The van der Waals surface area contributed by atoms with Gasteiger partial charge < -0.3 is 20.1 Å². The first-order valence-electron chi connectivity index (χ1n) is 5.40. The summed E-state index contributed by atoms with van der Waals surface area (Å²) in [7, 11) is 0. The molecule has 4 atom stereocenters. The SMILES string of the molecule is Cc1cn(C2O[C@H](CO)[C@@H](O)[C@H]2O)c(=O)[nH]c1=O. The summed E-state index contributed by atoms with van der Waals surface area (Å²) in [5.41, 5.74) is -1.00. The summed E-state index contributed by atoms with van der Waals surface area (Å²) in [4.78, 5) is 24.9. The zero-order valence-corrected chi connectivity index (χ0v) is 9.61. The van der Waals surface area contributed by atoms with Crippen molar-refractivity contribution < 1.29 is 20.1 Å². The summed E-state index contributed by atoms with van der Waals surface area (Å²) >= 11 is 0. The Morgan fingerprint density at radius 2 is 2.06 bits per heavy atom. The molecule has 1 aromatic rings. The molecule has 0 aliphatic carbocycles. The van der Waals surface area contributed by atoms with E-state index in [1.54, 1.807) is 0 Å². The van der Waals surface area contributed by atoms with Crippen LogP contribution in [0.15, 0.2) is 15.8 Å². The summed E-state index contributed by atoms with van der Waals surface area (Å²) in [6.07, 6.45) is -3.52. The van der Waals surface area contributed by atoms with E-state index in [4.69, 9.17) is 9.84 Å². The van der Waals surface area contributed by atoms with Crippen LogP contribution in [0.3, 0.4) is 0 Å². The number of aryl methyl sites for hydroxylation is 1. The molecule has 0 amide bonds. The second-order valence-electron chi connectivity index (χ2n) is 4.21. The second-order valence-corrected chi connectivity index (χ2v) is 4.21. The number of aliphatic hydroxyl groups excluding tert-OH is 3. The van der Waals surface area contributed by atoms with Crippen LogP contribution >= 0.6 is 0 Å². The van der Waals surface area contributed by atoms with Crippen LogP contribution in [0.5, 0.6) is 0 Å². The van der Waals surface area contributed by atoms with Gasteiger partial charge in [-0.05, 0) is 6.92 Å². The van der Waals surface area contributed by atoms with Gasteiger partial charge in [0.2, 0.25) is 0 Å². The van der Waals surface area contributed by atoms with E-state index in [-0.39, 0.29) is 5.56 Å². The molecule has 1 fully saturated rings. The normalized spacial score (nSPS) is 31.8. The number of aromatic amines is 1. The van der Waals surface area contributed by atoms with Crippen LogP contribution in [0, 0.1) is 6.92 Å². The van der Waals surface area contributed by atoms with Crippen LogP contribution in [-0.4, -0.2) is 49.8 Å². The van der Waals surface area contributed by atoms with E-state index >= 15 is 0 Å². The molecule has 1 unspecified atom stereocenters. The molecule has 1 aliphatic heterocycles. The summed E-state index contributed by atoms with van der Waals surface area (Å²) in [6, 6.07) is 0. The third kappa shape index (κ3) is 1.99. The van der Waals surface area contributed by atoms with Gasteiger partial charge in [0.15, 0.2) is 6.23 Å². The first-order valence-corrected chi connectivity index (χ1v) is 5.40. The van der Waals surface area contributed by atoms with Crippen molar-refractivity contribution in [2.45, 2.75) is 31.5 Å². The lowest BCUT2D eigenvalue weighted by molar-refractivity contribution is -0.0551. The highest BCUT2D eigenvalue weighted by Crippen LogP contribution is 2.27. The molecular weight excluding hydrogens is 244 g/mol. The van der Waals surface area contributed by atoms with Crippen LogP contribution in [0.2, 0.25) is 0 Å². The third-order valence-corrected chi connectivity index (χ3v) is 2.94. The fourth-order valence-corrected chi connectivity index (χ4v) is 1.88. The number of rotatable bonds is 2. The van der Waals surface area contributed by atoms with E-state index in [2.05, 4.69) is 4.98 Å². The van der Waals surface area contributed by atoms with Gasteiger partial charge in [-0.1, -0.05) is 0 Å². The lowest BCUT2D eigenvalue weighted by atomic mass is 10.1. The smallest absolute Gasteiger partial charge is 0.330 e. The van der Waals surface area contributed by atoms with E-state index in [0.717, 1.165) is 4.57 Å². The highest BCUT2D eigenvalue weighted by Gasteiger charge is 2.43. The molecule has 1 aromatic heterocycles. The molecule has 0 spiro atoms. The van der Waals surface area contributed by atoms with Gasteiger partial charge in [-0.3, -0.25) is 14.3 Å². The number of hydrogen-bond acceptors (Lipinski definition) is 6. The second kappa shape index (κ2) is 4.65. The summed E-state index contributed by atoms with van der Waals surface area (Å²) < 4.78 is 6.17. The molecule has 8 nitrogen and oxygen atoms in total. The van der Waals surface area contributed by atoms with Crippen LogP contribution < -0.4 is 11.2 Å². The third-order valence-electron chi connectivity index (χ3n) is 2.94. The molecule has 0 radical (unpaired) electrons. The van der Waals surface area contributed by atoms with Gasteiger partial charge in [-0.2, -0.15) is 0 Å². The maximum absolute atomic E-state index is 11.6. The standard InChI is InChI=1S/C10H14N2O6/c1-4-2-12(10(17)11-8(4)16)9-7(15)6(14)5(3-13)18-9/h2,5-7,9,13-15H,3H2,1H3,(H,11,16,17)/t5-,6-,7-,9?/m1/s1. The van der Waals surface area contributed by atoms with Crippen LogP contribution in [0.4, 0.5) is 0 Å². The van der Waals surface area contributed by atoms with E-state index in [1.807, 2.05) is 0 Å². The maximum atomic E-state index is 11.6. The Hall–Kier alpha value is -1.48. The van der Waals surface area contributed by atoms with E-state index in [9.17, 15) is 19.8 Å². The molecule has 0 bridgehead atoms. The van der Waals surface area contributed by atoms with Gasteiger partial charge in [0.05, 0.1) is 6.61 Å². The average molecular weight is 258 g/mol. The maximum Gasteiger partial charge on any atom is 0.330 e. The molecule has 4 N–H and O–H groups in total. The number of ether oxygens (including phenoxy) is 1. The predicted molar refractivity (Wildman–Crippen MR) is 59.1 cm³/mol. The first kappa shape index (κ1) is 13.0. The van der Waals surface area contributed by atoms with E-state index in [1.165, 1.54) is 13.1 Å². The van der Waals surface area contributed by atoms with Gasteiger partial charge in [-0.25, -0.2) is 4.79 Å². The number of nitrogens with zero attached hydrogens (tertiary/aromatic N) is 1. The molecule has 8 heteroatoms. The Balaban J connectivity index is 2.42. The molecule has 1 aliphatic rings. The minimum atomic E-state index is -1.36. The molecule has 2 heterocycles. The molecule has 0 saturated carbocycles. The Morgan fingerprint density at radius 3 is 2.61 bits per heavy atom. The number of aliphatic hydroxyl groups is 3. The van der Waals surface area contributed by atoms with Crippen molar-refractivity contribution in [3.8, 4) is 0 Å². The minimum absolute atomic E-state index is 0.271. The van der Waals surface area contributed by atoms with Gasteiger partial charge in [0, 0.05) is 11.8 Å². The first-order chi connectivity index (χ1) is 8.45. The van der Waals surface area contributed by atoms with E-state index < -0.39 is 42.4 Å². The molecule has 100 valence electrons. The zero-order chi connectivity index (χ0) is 13.4. The molecule has 1 saturated heterocycles. The largest absolute Gasteiger partial charge is 0.394 e. The van der Waals surface area contributed by atoms with Gasteiger partial charge in [-0.15, -0.1) is 0 Å². The lowest BCUT2D eigenvalue weighted by Gasteiger charge is -2.17. The number of aromatic nitrogens is 2. The van der Waals surface area contributed by atoms with Crippen molar-refractivity contribution in [1.82, 2.24) is 9.55 Å². The fraction of sp³-hybridized carbons (Fsp3) is 0.600. The highest BCUT2D eigenvalue weighted by molar-refractivity contribution is 5.03. The zero-order valence-electron chi connectivity index (χ0n) is 9.61.